The lowest BCUT2D eigenvalue weighted by Gasteiger charge is -2.11. The van der Waals surface area contributed by atoms with E-state index in [2.05, 4.69) is 0 Å². The largest absolute Gasteiger partial charge is 0.489 e. The Balaban J connectivity index is 1.33. The summed E-state index contributed by atoms with van der Waals surface area (Å²) in [5.74, 6) is -0.280. The molecular formula is C30H26O5. The molecule has 0 bridgehead atoms. The summed E-state index contributed by atoms with van der Waals surface area (Å²) in [6.07, 6.45) is -0.523. The van der Waals surface area contributed by atoms with Gasteiger partial charge in [-0.3, -0.25) is 4.79 Å². The predicted octanol–water partition coefficient (Wildman–Crippen LogP) is 5.81. The minimum atomic E-state index is -0.967. The van der Waals surface area contributed by atoms with Crippen LogP contribution in [0, 0.1) is 0 Å². The number of carboxylic acids is 1. The number of ketones is 1. The first kappa shape index (κ1) is 23.9. The van der Waals surface area contributed by atoms with Gasteiger partial charge in [0.1, 0.15) is 12.4 Å². The van der Waals surface area contributed by atoms with E-state index in [1.807, 2.05) is 78.9 Å². The minimum Gasteiger partial charge on any atom is -0.489 e. The van der Waals surface area contributed by atoms with Gasteiger partial charge in [0.2, 0.25) is 0 Å². The zero-order valence-electron chi connectivity index (χ0n) is 19.4. The van der Waals surface area contributed by atoms with Crippen molar-refractivity contribution < 1.29 is 24.2 Å². The number of hydrogen-bond donors (Lipinski definition) is 1. The highest BCUT2D eigenvalue weighted by Crippen LogP contribution is 2.22. The van der Waals surface area contributed by atoms with Crippen molar-refractivity contribution in [3.8, 4) is 16.9 Å². The van der Waals surface area contributed by atoms with Crippen molar-refractivity contribution in [2.24, 2.45) is 0 Å². The molecule has 5 nitrogen and oxygen atoms in total. The molecule has 0 aliphatic heterocycles. The summed E-state index contributed by atoms with van der Waals surface area (Å²) in [5, 5.41) is 9.14. The van der Waals surface area contributed by atoms with Crippen molar-refractivity contribution >= 4 is 11.8 Å². The average Bonchev–Trinajstić information content (AvgIpc) is 2.91. The van der Waals surface area contributed by atoms with Gasteiger partial charge in [0.15, 0.2) is 11.9 Å². The van der Waals surface area contributed by atoms with E-state index in [-0.39, 0.29) is 5.78 Å². The smallest absolute Gasteiger partial charge is 0.333 e. The number of carbonyl (C=O) groups excluding carboxylic acids is 1. The lowest BCUT2D eigenvalue weighted by atomic mass is 10.0. The van der Waals surface area contributed by atoms with Crippen molar-refractivity contribution in [3.63, 3.8) is 0 Å². The molecule has 0 spiro atoms. The normalized spacial score (nSPS) is 11.6. The van der Waals surface area contributed by atoms with Crippen molar-refractivity contribution in [2.75, 3.05) is 7.11 Å². The van der Waals surface area contributed by atoms with Gasteiger partial charge in [0.25, 0.3) is 0 Å². The predicted molar refractivity (Wildman–Crippen MR) is 135 cm³/mol. The number of methoxy groups -OCH3 is 1. The van der Waals surface area contributed by atoms with Gasteiger partial charge < -0.3 is 14.6 Å². The number of ether oxygens (including phenoxy) is 2. The monoisotopic (exact) mass is 466 g/mol. The Bertz CT molecular complexity index is 1260. The second-order valence-corrected chi connectivity index (χ2v) is 8.17. The summed E-state index contributed by atoms with van der Waals surface area (Å²) in [7, 11) is 1.40. The Labute approximate surface area is 204 Å². The van der Waals surface area contributed by atoms with Crippen molar-refractivity contribution in [3.05, 3.63) is 125 Å². The first-order chi connectivity index (χ1) is 17.0. The molecule has 0 saturated heterocycles. The third-order valence-corrected chi connectivity index (χ3v) is 5.78. The van der Waals surface area contributed by atoms with Gasteiger partial charge in [-0.2, -0.15) is 0 Å². The Kier molecular flexibility index (Phi) is 7.70. The van der Waals surface area contributed by atoms with E-state index in [0.717, 1.165) is 22.3 Å². The van der Waals surface area contributed by atoms with E-state index in [1.54, 1.807) is 24.3 Å². The van der Waals surface area contributed by atoms with Gasteiger partial charge in [-0.1, -0.05) is 78.9 Å². The molecule has 4 aromatic rings. The van der Waals surface area contributed by atoms with E-state index in [1.165, 1.54) is 7.11 Å². The SMILES string of the molecule is CO[C@@H](Cc1ccc(-c2ccc(COc3ccc(C(=O)c4ccccc4)cc3)cc2)cc1)C(=O)O. The van der Waals surface area contributed by atoms with Gasteiger partial charge in [-0.15, -0.1) is 0 Å². The van der Waals surface area contributed by atoms with Crippen LogP contribution in [-0.2, 0) is 22.6 Å². The summed E-state index contributed by atoms with van der Waals surface area (Å²) in [6.45, 7) is 0.415. The van der Waals surface area contributed by atoms with E-state index in [9.17, 15) is 9.59 Å². The van der Waals surface area contributed by atoms with Gasteiger partial charge in [0.05, 0.1) is 0 Å². The fourth-order valence-corrected chi connectivity index (χ4v) is 3.74. The van der Waals surface area contributed by atoms with Gasteiger partial charge in [-0.05, 0) is 46.5 Å². The van der Waals surface area contributed by atoms with Crippen molar-refractivity contribution in [1.82, 2.24) is 0 Å². The third kappa shape index (κ3) is 6.22. The van der Waals surface area contributed by atoms with Crippen LogP contribution >= 0.6 is 0 Å². The molecule has 0 aliphatic rings. The first-order valence-corrected chi connectivity index (χ1v) is 11.3. The van der Waals surface area contributed by atoms with E-state index in [0.29, 0.717) is 29.9 Å². The Morgan fingerprint density at radius 2 is 1.26 bits per heavy atom. The van der Waals surface area contributed by atoms with Crippen LogP contribution in [0.25, 0.3) is 11.1 Å². The van der Waals surface area contributed by atoms with Crippen LogP contribution in [0.3, 0.4) is 0 Å². The number of aliphatic carboxylic acids is 1. The zero-order chi connectivity index (χ0) is 24.6. The molecule has 4 rings (SSSR count). The molecule has 0 unspecified atom stereocenters. The summed E-state index contributed by atoms with van der Waals surface area (Å²) in [6, 6.07) is 32.3. The maximum Gasteiger partial charge on any atom is 0.333 e. The van der Waals surface area contributed by atoms with Crippen molar-refractivity contribution in [2.45, 2.75) is 19.1 Å². The molecule has 0 aliphatic carbocycles. The molecule has 1 atom stereocenters. The molecule has 4 aromatic carbocycles. The second-order valence-electron chi connectivity index (χ2n) is 8.17. The number of rotatable bonds is 10. The Morgan fingerprint density at radius 3 is 1.80 bits per heavy atom. The molecule has 176 valence electrons. The van der Waals surface area contributed by atoms with Crippen LogP contribution in [-0.4, -0.2) is 30.1 Å². The zero-order valence-corrected chi connectivity index (χ0v) is 19.4. The number of carboxylic acid groups (broad SMARTS) is 1. The summed E-state index contributed by atoms with van der Waals surface area (Å²) < 4.78 is 10.9. The number of benzene rings is 4. The lowest BCUT2D eigenvalue weighted by molar-refractivity contribution is -0.148. The van der Waals surface area contributed by atoms with Crippen LogP contribution in [0.1, 0.15) is 27.0 Å². The molecule has 0 heterocycles. The highest BCUT2D eigenvalue weighted by Gasteiger charge is 2.16. The molecule has 35 heavy (non-hydrogen) atoms. The second kappa shape index (κ2) is 11.3. The standard InChI is InChI=1S/C30H26O5/c1-34-28(30(32)33)19-21-7-11-23(12-8-21)24-13-9-22(10-14-24)20-35-27-17-15-26(16-18-27)29(31)25-5-3-2-4-6-25/h2-18,28H,19-20H2,1H3,(H,32,33)/t28-/m0/s1. The summed E-state index contributed by atoms with van der Waals surface area (Å²) in [5.41, 5.74) is 5.33. The van der Waals surface area contributed by atoms with Crippen molar-refractivity contribution in [1.29, 1.82) is 0 Å². The lowest BCUT2D eigenvalue weighted by Crippen LogP contribution is -2.24. The number of hydrogen-bond acceptors (Lipinski definition) is 4. The van der Waals surface area contributed by atoms with Gasteiger partial charge in [-0.25, -0.2) is 4.79 Å². The van der Waals surface area contributed by atoms with E-state index in [4.69, 9.17) is 14.6 Å². The number of carbonyl (C=O) groups is 2. The summed E-state index contributed by atoms with van der Waals surface area (Å²) in [4.78, 5) is 23.7. The Hall–Kier alpha value is -4.22. The van der Waals surface area contributed by atoms with Gasteiger partial charge in [0, 0.05) is 24.7 Å². The first-order valence-electron chi connectivity index (χ1n) is 11.3. The molecule has 0 fully saturated rings. The maximum atomic E-state index is 12.5. The van der Waals surface area contributed by atoms with Crippen LogP contribution in [0.2, 0.25) is 0 Å². The Morgan fingerprint density at radius 1 is 0.714 bits per heavy atom. The molecule has 1 N–H and O–H groups in total. The topological polar surface area (TPSA) is 72.8 Å². The molecular weight excluding hydrogens is 440 g/mol. The molecule has 0 aromatic heterocycles. The van der Waals surface area contributed by atoms with Crippen LogP contribution in [0.5, 0.6) is 5.75 Å². The fourth-order valence-electron chi connectivity index (χ4n) is 3.74. The molecule has 0 radical (unpaired) electrons. The summed E-state index contributed by atoms with van der Waals surface area (Å²) >= 11 is 0. The average molecular weight is 467 g/mol. The third-order valence-electron chi connectivity index (χ3n) is 5.78. The van der Waals surface area contributed by atoms with Crippen LogP contribution in [0.4, 0.5) is 0 Å². The van der Waals surface area contributed by atoms with Crippen LogP contribution < -0.4 is 4.74 Å². The van der Waals surface area contributed by atoms with E-state index >= 15 is 0 Å². The minimum absolute atomic E-state index is 0.0128. The molecule has 0 saturated carbocycles. The quantitative estimate of drug-likeness (QED) is 0.299. The molecule has 5 heteroatoms. The molecule has 0 amide bonds. The highest BCUT2D eigenvalue weighted by molar-refractivity contribution is 6.08. The highest BCUT2D eigenvalue weighted by atomic mass is 16.5. The van der Waals surface area contributed by atoms with Crippen LogP contribution in [0.15, 0.2) is 103 Å². The van der Waals surface area contributed by atoms with E-state index < -0.39 is 12.1 Å². The fraction of sp³-hybridized carbons (Fsp3) is 0.133. The van der Waals surface area contributed by atoms with Gasteiger partial charge >= 0.3 is 5.97 Å². The maximum absolute atomic E-state index is 12.5.